The number of nitrogens with zero attached hydrogens (tertiary/aromatic N) is 4. The maximum Gasteiger partial charge on any atom is 0.252 e. The molecule has 5 nitrogen and oxygen atoms in total. The summed E-state index contributed by atoms with van der Waals surface area (Å²) < 4.78 is 1.46. The average molecular weight is 277 g/mol. The Hall–Kier alpha value is -1.75. The van der Waals surface area contributed by atoms with Crippen molar-refractivity contribution in [2.75, 3.05) is 0 Å². The standard InChI is InChI=1S/C13H13ClN4O/c1-7-5-8(2)16-13(15-7)18-12(14)10(6-19)11(17-18)9-3-4-9/h5-6,9H,3-4H2,1-2H3. The van der Waals surface area contributed by atoms with Crippen LogP contribution in [0.2, 0.25) is 5.15 Å². The fraction of sp³-hybridized carbons (Fsp3) is 0.385. The Bertz CT molecular complexity index is 641. The first-order chi connectivity index (χ1) is 9.10. The molecule has 0 unspecified atom stereocenters. The van der Waals surface area contributed by atoms with E-state index in [9.17, 15) is 4.79 Å². The third-order valence-electron chi connectivity index (χ3n) is 3.13. The number of carbonyl (C=O) groups excluding carboxylic acids is 1. The Morgan fingerprint density at radius 1 is 1.32 bits per heavy atom. The van der Waals surface area contributed by atoms with Gasteiger partial charge < -0.3 is 0 Å². The molecule has 0 spiro atoms. The van der Waals surface area contributed by atoms with Gasteiger partial charge in [-0.2, -0.15) is 9.78 Å². The van der Waals surface area contributed by atoms with Gasteiger partial charge in [0.15, 0.2) is 6.29 Å². The highest BCUT2D eigenvalue weighted by Gasteiger charge is 2.32. The second kappa shape index (κ2) is 4.42. The molecule has 98 valence electrons. The number of carbonyl (C=O) groups is 1. The Balaban J connectivity index is 2.16. The molecule has 2 heterocycles. The highest BCUT2D eigenvalue weighted by molar-refractivity contribution is 6.32. The molecule has 0 bridgehead atoms. The second-order valence-electron chi connectivity index (χ2n) is 4.84. The number of rotatable bonds is 3. The summed E-state index contributed by atoms with van der Waals surface area (Å²) >= 11 is 6.23. The van der Waals surface area contributed by atoms with Crippen LogP contribution in [0.15, 0.2) is 6.07 Å². The number of aldehydes is 1. The smallest absolute Gasteiger partial charge is 0.252 e. The monoisotopic (exact) mass is 276 g/mol. The normalized spacial score (nSPS) is 14.7. The van der Waals surface area contributed by atoms with Crippen LogP contribution in [-0.2, 0) is 0 Å². The van der Waals surface area contributed by atoms with Gasteiger partial charge in [-0.3, -0.25) is 4.79 Å². The van der Waals surface area contributed by atoms with Crippen molar-refractivity contribution in [3.63, 3.8) is 0 Å². The van der Waals surface area contributed by atoms with Crippen molar-refractivity contribution in [1.29, 1.82) is 0 Å². The molecule has 0 atom stereocenters. The van der Waals surface area contributed by atoms with Gasteiger partial charge in [-0.05, 0) is 32.8 Å². The molecular weight excluding hydrogens is 264 g/mol. The van der Waals surface area contributed by atoms with Crippen LogP contribution in [0, 0.1) is 13.8 Å². The molecular formula is C13H13ClN4O. The van der Waals surface area contributed by atoms with E-state index in [1.54, 1.807) is 0 Å². The molecule has 0 amide bonds. The van der Waals surface area contributed by atoms with Gasteiger partial charge in [0.1, 0.15) is 5.15 Å². The summed E-state index contributed by atoms with van der Waals surface area (Å²) in [6.45, 7) is 3.77. The van der Waals surface area contributed by atoms with E-state index >= 15 is 0 Å². The van der Waals surface area contributed by atoms with Gasteiger partial charge in [-0.15, -0.1) is 0 Å². The number of hydrogen-bond acceptors (Lipinski definition) is 4. The predicted molar refractivity (Wildman–Crippen MR) is 71.0 cm³/mol. The zero-order valence-corrected chi connectivity index (χ0v) is 11.5. The van der Waals surface area contributed by atoms with Crippen molar-refractivity contribution >= 4 is 17.9 Å². The number of halogens is 1. The maximum absolute atomic E-state index is 11.2. The quantitative estimate of drug-likeness (QED) is 0.809. The molecule has 0 saturated heterocycles. The first-order valence-corrected chi connectivity index (χ1v) is 6.54. The molecule has 2 aromatic rings. The minimum atomic E-state index is 0.293. The molecule has 2 aromatic heterocycles. The zero-order chi connectivity index (χ0) is 13.6. The van der Waals surface area contributed by atoms with Crippen LogP contribution in [0.5, 0.6) is 0 Å². The van der Waals surface area contributed by atoms with E-state index in [-0.39, 0.29) is 0 Å². The number of hydrogen-bond donors (Lipinski definition) is 0. The summed E-state index contributed by atoms with van der Waals surface area (Å²) in [6.07, 6.45) is 2.88. The molecule has 19 heavy (non-hydrogen) atoms. The topological polar surface area (TPSA) is 60.7 Å². The van der Waals surface area contributed by atoms with Crippen LogP contribution in [0.1, 0.15) is 46.2 Å². The first kappa shape index (κ1) is 12.3. The Morgan fingerprint density at radius 3 is 2.47 bits per heavy atom. The summed E-state index contributed by atoms with van der Waals surface area (Å²) in [4.78, 5) is 19.8. The van der Waals surface area contributed by atoms with Crippen molar-refractivity contribution < 1.29 is 4.79 Å². The van der Waals surface area contributed by atoms with Crippen molar-refractivity contribution in [2.45, 2.75) is 32.6 Å². The summed E-state index contributed by atoms with van der Waals surface area (Å²) in [5.74, 6) is 0.766. The van der Waals surface area contributed by atoms with Crippen molar-refractivity contribution in [3.8, 4) is 5.95 Å². The molecule has 0 aliphatic heterocycles. The lowest BCUT2D eigenvalue weighted by molar-refractivity contribution is 0.112. The predicted octanol–water partition coefficient (Wildman–Crippen LogP) is 2.62. The third kappa shape index (κ3) is 2.14. The van der Waals surface area contributed by atoms with Gasteiger partial charge in [-0.1, -0.05) is 11.6 Å². The van der Waals surface area contributed by atoms with Crippen LogP contribution >= 0.6 is 11.6 Å². The molecule has 1 saturated carbocycles. The largest absolute Gasteiger partial charge is 0.298 e. The molecule has 6 heteroatoms. The van der Waals surface area contributed by atoms with Crippen LogP contribution in [-0.4, -0.2) is 26.0 Å². The summed E-state index contributed by atoms with van der Waals surface area (Å²) in [5.41, 5.74) is 2.92. The van der Waals surface area contributed by atoms with Crippen molar-refractivity contribution in [2.24, 2.45) is 0 Å². The van der Waals surface area contributed by atoms with E-state index in [1.165, 1.54) is 4.68 Å². The van der Waals surface area contributed by atoms with Gasteiger partial charge in [0.25, 0.3) is 5.95 Å². The van der Waals surface area contributed by atoms with Gasteiger partial charge in [0.2, 0.25) is 0 Å². The van der Waals surface area contributed by atoms with Crippen LogP contribution < -0.4 is 0 Å². The summed E-state index contributed by atoms with van der Waals surface area (Å²) in [6, 6.07) is 1.88. The van der Waals surface area contributed by atoms with Crippen molar-refractivity contribution in [1.82, 2.24) is 19.7 Å². The fourth-order valence-corrected chi connectivity index (χ4v) is 2.38. The molecule has 1 aliphatic carbocycles. The van der Waals surface area contributed by atoms with Crippen LogP contribution in [0.25, 0.3) is 5.95 Å². The molecule has 1 fully saturated rings. The van der Waals surface area contributed by atoms with E-state index in [0.717, 1.165) is 36.2 Å². The SMILES string of the molecule is Cc1cc(C)nc(-n2nc(C3CC3)c(C=O)c2Cl)n1. The van der Waals surface area contributed by atoms with Crippen LogP contribution in [0.4, 0.5) is 0 Å². The van der Waals surface area contributed by atoms with Crippen molar-refractivity contribution in [3.05, 3.63) is 33.9 Å². The van der Waals surface area contributed by atoms with Gasteiger partial charge in [0.05, 0.1) is 11.3 Å². The van der Waals surface area contributed by atoms with Gasteiger partial charge >= 0.3 is 0 Å². The van der Waals surface area contributed by atoms with Gasteiger partial charge in [-0.25, -0.2) is 9.97 Å². The molecule has 1 aliphatic rings. The lowest BCUT2D eigenvalue weighted by Crippen LogP contribution is -2.05. The summed E-state index contributed by atoms with van der Waals surface area (Å²) in [5, 5.41) is 4.72. The van der Waals surface area contributed by atoms with E-state index < -0.39 is 0 Å². The second-order valence-corrected chi connectivity index (χ2v) is 5.20. The minimum absolute atomic E-state index is 0.293. The highest BCUT2D eigenvalue weighted by Crippen LogP contribution is 2.42. The zero-order valence-electron chi connectivity index (χ0n) is 10.7. The Labute approximate surface area is 115 Å². The number of aryl methyl sites for hydroxylation is 2. The van der Waals surface area contributed by atoms with E-state index in [0.29, 0.717) is 22.6 Å². The molecule has 0 aromatic carbocycles. The highest BCUT2D eigenvalue weighted by atomic mass is 35.5. The fourth-order valence-electron chi connectivity index (χ4n) is 2.13. The van der Waals surface area contributed by atoms with Gasteiger partial charge in [0, 0.05) is 17.3 Å². The van der Waals surface area contributed by atoms with E-state index in [1.807, 2.05) is 19.9 Å². The molecule has 0 N–H and O–H groups in total. The van der Waals surface area contributed by atoms with E-state index in [2.05, 4.69) is 15.1 Å². The Morgan fingerprint density at radius 2 is 1.95 bits per heavy atom. The van der Waals surface area contributed by atoms with E-state index in [4.69, 9.17) is 11.6 Å². The number of aromatic nitrogens is 4. The lowest BCUT2D eigenvalue weighted by atomic mass is 10.2. The lowest BCUT2D eigenvalue weighted by Gasteiger charge is -2.03. The first-order valence-electron chi connectivity index (χ1n) is 6.16. The molecule has 0 radical (unpaired) electrons. The Kier molecular flexibility index (Phi) is 2.86. The maximum atomic E-state index is 11.2. The minimum Gasteiger partial charge on any atom is -0.298 e. The third-order valence-corrected chi connectivity index (χ3v) is 3.50. The average Bonchev–Trinajstić information content (AvgIpc) is 3.12. The summed E-state index contributed by atoms with van der Waals surface area (Å²) in [7, 11) is 0. The van der Waals surface area contributed by atoms with Crippen LogP contribution in [0.3, 0.4) is 0 Å². The molecule has 3 rings (SSSR count).